The highest BCUT2D eigenvalue weighted by Crippen LogP contribution is 2.29. The van der Waals surface area contributed by atoms with Crippen molar-refractivity contribution < 1.29 is 18.0 Å². The molecule has 2 aromatic carbocycles. The van der Waals surface area contributed by atoms with E-state index in [9.17, 15) is 18.0 Å². The van der Waals surface area contributed by atoms with E-state index >= 15 is 0 Å². The molecular formula is C22H18F3N5O. The molecule has 0 aliphatic rings. The highest BCUT2D eigenvalue weighted by molar-refractivity contribution is 6.04. The number of nitrogens with one attached hydrogen (secondary N) is 1. The van der Waals surface area contributed by atoms with Crippen LogP contribution in [0.25, 0.3) is 16.9 Å². The summed E-state index contributed by atoms with van der Waals surface area (Å²) in [5.41, 5.74) is 3.01. The molecule has 0 bridgehead atoms. The SMILES string of the molecule is Cc1c(-c2ccn(-c3ccc(NC(=O)c4cccc(C(F)(F)F)c4)cc3)n2)cnn1C. The second kappa shape index (κ2) is 7.75. The minimum Gasteiger partial charge on any atom is -0.322 e. The number of alkyl halides is 3. The van der Waals surface area contributed by atoms with Gasteiger partial charge in [0.2, 0.25) is 0 Å². The third-order valence-electron chi connectivity index (χ3n) is 4.94. The van der Waals surface area contributed by atoms with Gasteiger partial charge in [-0.3, -0.25) is 9.48 Å². The number of rotatable bonds is 4. The van der Waals surface area contributed by atoms with E-state index in [2.05, 4.69) is 15.5 Å². The van der Waals surface area contributed by atoms with Gasteiger partial charge >= 0.3 is 6.18 Å². The van der Waals surface area contributed by atoms with Crippen molar-refractivity contribution in [3.05, 3.63) is 83.8 Å². The van der Waals surface area contributed by atoms with Gasteiger partial charge in [-0.15, -0.1) is 0 Å². The topological polar surface area (TPSA) is 64.7 Å². The van der Waals surface area contributed by atoms with E-state index < -0.39 is 17.6 Å². The molecule has 4 aromatic rings. The predicted octanol–water partition coefficient (Wildman–Crippen LogP) is 4.85. The number of carbonyl (C=O) groups is 1. The van der Waals surface area contributed by atoms with Gasteiger partial charge < -0.3 is 5.32 Å². The van der Waals surface area contributed by atoms with Crippen molar-refractivity contribution in [1.29, 1.82) is 0 Å². The van der Waals surface area contributed by atoms with Gasteiger partial charge in [-0.25, -0.2) is 4.68 Å². The normalized spacial score (nSPS) is 11.5. The molecule has 0 atom stereocenters. The van der Waals surface area contributed by atoms with Crippen LogP contribution in [0.2, 0.25) is 0 Å². The first kappa shape index (κ1) is 20.4. The fourth-order valence-corrected chi connectivity index (χ4v) is 3.10. The predicted molar refractivity (Wildman–Crippen MR) is 110 cm³/mol. The molecule has 0 radical (unpaired) electrons. The van der Waals surface area contributed by atoms with Gasteiger partial charge in [0.25, 0.3) is 5.91 Å². The minimum atomic E-state index is -4.51. The van der Waals surface area contributed by atoms with Gasteiger partial charge in [-0.2, -0.15) is 23.4 Å². The Hall–Kier alpha value is -3.88. The molecule has 9 heteroatoms. The van der Waals surface area contributed by atoms with Gasteiger partial charge in [0.15, 0.2) is 0 Å². The molecule has 0 fully saturated rings. The van der Waals surface area contributed by atoms with Crippen molar-refractivity contribution in [1.82, 2.24) is 19.6 Å². The lowest BCUT2D eigenvalue weighted by molar-refractivity contribution is -0.137. The second-order valence-corrected chi connectivity index (χ2v) is 6.99. The fourth-order valence-electron chi connectivity index (χ4n) is 3.10. The van der Waals surface area contributed by atoms with Crippen molar-refractivity contribution in [3.63, 3.8) is 0 Å². The average Bonchev–Trinajstić information content (AvgIpc) is 3.35. The molecule has 0 spiro atoms. The van der Waals surface area contributed by atoms with Gasteiger partial charge in [-0.1, -0.05) is 6.07 Å². The Kier molecular flexibility index (Phi) is 5.10. The Morgan fingerprint density at radius 2 is 1.81 bits per heavy atom. The van der Waals surface area contributed by atoms with Gasteiger partial charge in [0, 0.05) is 35.8 Å². The summed E-state index contributed by atoms with van der Waals surface area (Å²) in [5, 5.41) is 11.4. The summed E-state index contributed by atoms with van der Waals surface area (Å²) in [4.78, 5) is 12.3. The van der Waals surface area contributed by atoms with Crippen LogP contribution in [-0.2, 0) is 13.2 Å². The Labute approximate surface area is 175 Å². The molecule has 158 valence electrons. The van der Waals surface area contributed by atoms with Crippen molar-refractivity contribution in [2.75, 3.05) is 5.32 Å². The lowest BCUT2D eigenvalue weighted by Crippen LogP contribution is -2.14. The first-order valence-electron chi connectivity index (χ1n) is 9.36. The summed E-state index contributed by atoms with van der Waals surface area (Å²) >= 11 is 0. The summed E-state index contributed by atoms with van der Waals surface area (Å²) in [6.07, 6.45) is -0.929. The molecule has 1 amide bonds. The maximum absolute atomic E-state index is 12.9. The highest BCUT2D eigenvalue weighted by atomic mass is 19.4. The molecule has 1 N–H and O–H groups in total. The standard InChI is InChI=1S/C22H18F3N5O/c1-14-19(13-26-29(14)2)20-10-11-30(28-20)18-8-6-17(7-9-18)27-21(31)15-4-3-5-16(12-15)22(23,24)25/h3-13H,1-2H3,(H,27,31). The zero-order valence-corrected chi connectivity index (χ0v) is 16.7. The maximum atomic E-state index is 12.9. The second-order valence-electron chi connectivity index (χ2n) is 6.99. The van der Waals surface area contributed by atoms with Crippen molar-refractivity contribution in [2.24, 2.45) is 7.05 Å². The zero-order valence-electron chi connectivity index (χ0n) is 16.7. The van der Waals surface area contributed by atoms with Gasteiger partial charge in [0.1, 0.15) is 0 Å². The van der Waals surface area contributed by atoms with Crippen LogP contribution in [0.5, 0.6) is 0 Å². The van der Waals surface area contributed by atoms with Gasteiger partial charge in [0.05, 0.1) is 23.1 Å². The van der Waals surface area contributed by atoms with E-state index in [1.165, 1.54) is 12.1 Å². The summed E-state index contributed by atoms with van der Waals surface area (Å²) < 4.78 is 42.0. The van der Waals surface area contributed by atoms with Crippen LogP contribution < -0.4 is 5.32 Å². The molecule has 2 heterocycles. The number of benzene rings is 2. The van der Waals surface area contributed by atoms with E-state index in [-0.39, 0.29) is 5.56 Å². The maximum Gasteiger partial charge on any atom is 0.416 e. The monoisotopic (exact) mass is 425 g/mol. The van der Waals surface area contributed by atoms with Gasteiger partial charge in [-0.05, 0) is 55.5 Å². The molecule has 0 aliphatic heterocycles. The molecule has 0 saturated carbocycles. The van der Waals surface area contributed by atoms with Crippen LogP contribution >= 0.6 is 0 Å². The van der Waals surface area contributed by atoms with E-state index in [0.717, 1.165) is 34.8 Å². The smallest absolute Gasteiger partial charge is 0.322 e. The van der Waals surface area contributed by atoms with E-state index in [0.29, 0.717) is 5.69 Å². The van der Waals surface area contributed by atoms with E-state index in [1.807, 2.05) is 26.2 Å². The largest absolute Gasteiger partial charge is 0.416 e. The lowest BCUT2D eigenvalue weighted by atomic mass is 10.1. The van der Waals surface area contributed by atoms with E-state index in [1.54, 1.807) is 39.8 Å². The molecule has 0 unspecified atom stereocenters. The molecule has 4 rings (SSSR count). The molecule has 0 aliphatic carbocycles. The molecule has 31 heavy (non-hydrogen) atoms. The Bertz CT molecular complexity index is 1240. The third kappa shape index (κ3) is 4.20. The van der Waals surface area contributed by atoms with Crippen molar-refractivity contribution >= 4 is 11.6 Å². The van der Waals surface area contributed by atoms with Crippen molar-refractivity contribution in [3.8, 4) is 16.9 Å². The third-order valence-corrected chi connectivity index (χ3v) is 4.94. The van der Waals surface area contributed by atoms with Crippen LogP contribution in [0.3, 0.4) is 0 Å². The Morgan fingerprint density at radius 3 is 2.45 bits per heavy atom. The number of carbonyl (C=O) groups excluding carboxylic acids is 1. The van der Waals surface area contributed by atoms with Crippen LogP contribution in [0.1, 0.15) is 21.6 Å². The fraction of sp³-hybridized carbons (Fsp3) is 0.136. The number of hydrogen-bond acceptors (Lipinski definition) is 3. The summed E-state index contributed by atoms with van der Waals surface area (Å²) in [6, 6.07) is 13.0. The minimum absolute atomic E-state index is 0.0672. The van der Waals surface area contributed by atoms with Crippen LogP contribution in [0, 0.1) is 6.92 Å². The number of anilines is 1. The van der Waals surface area contributed by atoms with E-state index in [4.69, 9.17) is 0 Å². The first-order chi connectivity index (χ1) is 14.7. The summed E-state index contributed by atoms with van der Waals surface area (Å²) in [7, 11) is 1.86. The number of aromatic nitrogens is 4. The highest BCUT2D eigenvalue weighted by Gasteiger charge is 2.30. The Balaban J connectivity index is 1.49. The molecule has 0 saturated heterocycles. The van der Waals surface area contributed by atoms with Crippen LogP contribution in [-0.4, -0.2) is 25.5 Å². The number of aryl methyl sites for hydroxylation is 1. The van der Waals surface area contributed by atoms with Crippen LogP contribution in [0.4, 0.5) is 18.9 Å². The number of amides is 1. The molecule has 2 aromatic heterocycles. The molecular weight excluding hydrogens is 407 g/mol. The Morgan fingerprint density at radius 1 is 1.06 bits per heavy atom. The number of nitrogens with zero attached hydrogens (tertiary/aromatic N) is 4. The quantitative estimate of drug-likeness (QED) is 0.508. The number of halogens is 3. The number of hydrogen-bond donors (Lipinski definition) is 1. The first-order valence-corrected chi connectivity index (χ1v) is 9.36. The van der Waals surface area contributed by atoms with Crippen LogP contribution in [0.15, 0.2) is 67.0 Å². The zero-order chi connectivity index (χ0) is 22.2. The lowest BCUT2D eigenvalue weighted by Gasteiger charge is -2.10. The molecule has 6 nitrogen and oxygen atoms in total. The summed E-state index contributed by atoms with van der Waals surface area (Å²) in [5.74, 6) is -0.618. The average molecular weight is 425 g/mol. The summed E-state index contributed by atoms with van der Waals surface area (Å²) in [6.45, 7) is 1.96. The van der Waals surface area contributed by atoms with Crippen molar-refractivity contribution in [2.45, 2.75) is 13.1 Å².